The molecule has 0 saturated heterocycles. The van der Waals surface area contributed by atoms with Crippen LogP contribution in [0.15, 0.2) is 81.9 Å². The average Bonchev–Trinajstić information content (AvgIpc) is 3.19. The van der Waals surface area contributed by atoms with Gasteiger partial charge in [-0.25, -0.2) is 0 Å². The van der Waals surface area contributed by atoms with Gasteiger partial charge in [0.2, 0.25) is 11.6 Å². The van der Waals surface area contributed by atoms with Crippen molar-refractivity contribution in [2.75, 3.05) is 0 Å². The van der Waals surface area contributed by atoms with Crippen LogP contribution in [0.25, 0.3) is 0 Å². The van der Waals surface area contributed by atoms with Gasteiger partial charge < -0.3 is 11.5 Å². The molecule has 4 rings (SSSR count). The molecule has 2 aliphatic heterocycles. The third-order valence-corrected chi connectivity index (χ3v) is 7.32. The summed E-state index contributed by atoms with van der Waals surface area (Å²) in [6, 6.07) is 18.1. The Bertz CT molecular complexity index is 875. The van der Waals surface area contributed by atoms with Gasteiger partial charge in [0.05, 0.1) is 20.3 Å². The van der Waals surface area contributed by atoms with Crippen LogP contribution < -0.4 is 11.5 Å². The van der Waals surface area contributed by atoms with E-state index in [2.05, 4.69) is 0 Å². The molecule has 6 heteroatoms. The van der Waals surface area contributed by atoms with E-state index in [9.17, 15) is 9.59 Å². The Morgan fingerprint density at radius 1 is 0.692 bits per heavy atom. The molecule has 0 fully saturated rings. The Kier molecular flexibility index (Phi) is 4.38. The van der Waals surface area contributed by atoms with Gasteiger partial charge in [-0.3, -0.25) is 9.59 Å². The van der Waals surface area contributed by atoms with Crippen molar-refractivity contribution >= 4 is 35.1 Å². The maximum absolute atomic E-state index is 12.7. The summed E-state index contributed by atoms with van der Waals surface area (Å²) >= 11 is 2.81. The first-order chi connectivity index (χ1) is 12.6. The zero-order valence-corrected chi connectivity index (χ0v) is 15.3. The molecule has 2 aromatic carbocycles. The highest BCUT2D eigenvalue weighted by Crippen LogP contribution is 2.56. The third-order valence-electron chi connectivity index (χ3n) is 4.42. The summed E-state index contributed by atoms with van der Waals surface area (Å²) in [6.07, 6.45) is 0. The molecule has 130 valence electrons. The van der Waals surface area contributed by atoms with Crippen molar-refractivity contribution in [1.82, 2.24) is 0 Å². The van der Waals surface area contributed by atoms with Crippen molar-refractivity contribution in [2.45, 2.75) is 4.58 Å². The number of carbonyl (C=O) groups is 2. The Balaban J connectivity index is 1.65. The lowest BCUT2D eigenvalue weighted by Gasteiger charge is -2.10. The second kappa shape index (κ2) is 6.70. The maximum atomic E-state index is 12.7. The SMILES string of the molecule is NC1=C(C(=O)c2ccccc2)SC2SC(C(=O)c3ccccc3)=C(N)C12. The van der Waals surface area contributed by atoms with Crippen LogP contribution in [0.3, 0.4) is 0 Å². The van der Waals surface area contributed by atoms with Crippen LogP contribution in [0.1, 0.15) is 20.7 Å². The van der Waals surface area contributed by atoms with Gasteiger partial charge in [0, 0.05) is 22.5 Å². The van der Waals surface area contributed by atoms with Crippen LogP contribution in [0.5, 0.6) is 0 Å². The summed E-state index contributed by atoms with van der Waals surface area (Å²) in [6.45, 7) is 0. The minimum atomic E-state index is -0.282. The molecular weight excluding hydrogens is 364 g/mol. The fourth-order valence-electron chi connectivity index (χ4n) is 3.08. The zero-order chi connectivity index (χ0) is 18.3. The number of fused-ring (bicyclic) bond motifs is 1. The molecule has 2 aromatic rings. The molecule has 0 amide bonds. The predicted octanol–water partition coefficient (Wildman–Crippen LogP) is 3.53. The lowest BCUT2D eigenvalue weighted by atomic mass is 9.99. The molecule has 0 aliphatic carbocycles. The monoisotopic (exact) mass is 380 g/mol. The average molecular weight is 380 g/mol. The van der Waals surface area contributed by atoms with E-state index in [-0.39, 0.29) is 22.1 Å². The Hall–Kier alpha value is -2.44. The highest BCUT2D eigenvalue weighted by atomic mass is 32.2. The topological polar surface area (TPSA) is 86.2 Å². The first kappa shape index (κ1) is 17.0. The lowest BCUT2D eigenvalue weighted by molar-refractivity contribution is 0.103. The van der Waals surface area contributed by atoms with Crippen LogP contribution in [-0.2, 0) is 0 Å². The summed E-state index contributed by atoms with van der Waals surface area (Å²) < 4.78 is -0.0691. The minimum absolute atomic E-state index is 0.0691. The molecule has 4 N–H and O–H groups in total. The van der Waals surface area contributed by atoms with Gasteiger partial charge >= 0.3 is 0 Å². The number of thioether (sulfide) groups is 2. The molecule has 0 radical (unpaired) electrons. The lowest BCUT2D eigenvalue weighted by Crippen LogP contribution is -2.21. The standard InChI is InChI=1S/C20H16N2O2S2/c21-14-13-15(22)19(17(24)12-9-5-2-6-10-12)26-20(13)25-18(14)16(23)11-7-3-1-4-8-11/h1-10,13,20H,21-22H2. The van der Waals surface area contributed by atoms with E-state index in [0.717, 1.165) is 0 Å². The van der Waals surface area contributed by atoms with Gasteiger partial charge in [-0.1, -0.05) is 60.7 Å². The highest BCUT2D eigenvalue weighted by molar-refractivity contribution is 8.21. The van der Waals surface area contributed by atoms with E-state index in [4.69, 9.17) is 11.5 Å². The van der Waals surface area contributed by atoms with Crippen LogP contribution in [-0.4, -0.2) is 16.1 Å². The molecular formula is C20H16N2O2S2. The van der Waals surface area contributed by atoms with Crippen LogP contribution in [0.2, 0.25) is 0 Å². The number of hydrogen-bond donors (Lipinski definition) is 2. The third kappa shape index (κ3) is 2.75. The highest BCUT2D eigenvalue weighted by Gasteiger charge is 2.46. The van der Waals surface area contributed by atoms with E-state index in [1.807, 2.05) is 36.4 Å². The van der Waals surface area contributed by atoms with E-state index in [1.54, 1.807) is 24.3 Å². The number of nitrogens with two attached hydrogens (primary N) is 2. The van der Waals surface area contributed by atoms with Crippen molar-refractivity contribution in [3.05, 3.63) is 93.0 Å². The maximum Gasteiger partial charge on any atom is 0.201 e. The molecule has 4 nitrogen and oxygen atoms in total. The molecule has 0 spiro atoms. The van der Waals surface area contributed by atoms with Gasteiger partial charge in [0.25, 0.3) is 0 Å². The molecule has 2 aliphatic rings. The van der Waals surface area contributed by atoms with Gasteiger partial charge in [0.15, 0.2) is 0 Å². The molecule has 0 bridgehead atoms. The fourth-order valence-corrected chi connectivity index (χ4v) is 6.15. The molecule has 2 heterocycles. The molecule has 0 unspecified atom stereocenters. The summed E-state index contributed by atoms with van der Waals surface area (Å²) in [5.74, 6) is -0.464. The van der Waals surface area contributed by atoms with Gasteiger partial charge in [-0.2, -0.15) is 0 Å². The number of benzene rings is 2. The van der Waals surface area contributed by atoms with E-state index < -0.39 is 0 Å². The minimum Gasteiger partial charge on any atom is -0.400 e. The number of carbonyl (C=O) groups excluding carboxylic acids is 2. The van der Waals surface area contributed by atoms with Crippen molar-refractivity contribution in [1.29, 1.82) is 0 Å². The molecule has 0 aromatic heterocycles. The second-order valence-electron chi connectivity index (χ2n) is 6.04. The number of Topliss-reactive ketones (excluding diaryl/α,β-unsaturated/α-hetero) is 2. The first-order valence-corrected chi connectivity index (χ1v) is 9.86. The molecule has 26 heavy (non-hydrogen) atoms. The quantitative estimate of drug-likeness (QED) is 0.789. The van der Waals surface area contributed by atoms with Crippen molar-refractivity contribution in [3.63, 3.8) is 0 Å². The summed E-state index contributed by atoms with van der Waals surface area (Å²) in [4.78, 5) is 26.6. The largest absolute Gasteiger partial charge is 0.400 e. The summed E-state index contributed by atoms with van der Waals surface area (Å²) in [5.41, 5.74) is 14.7. The van der Waals surface area contributed by atoms with Gasteiger partial charge in [0.1, 0.15) is 0 Å². The molecule has 0 saturated carbocycles. The second-order valence-corrected chi connectivity index (χ2v) is 8.64. The summed E-state index contributed by atoms with van der Waals surface area (Å²) in [7, 11) is 0. The number of ketones is 2. The van der Waals surface area contributed by atoms with Crippen LogP contribution in [0, 0.1) is 5.92 Å². The van der Waals surface area contributed by atoms with Crippen molar-refractivity contribution < 1.29 is 9.59 Å². The Morgan fingerprint density at radius 2 is 1.08 bits per heavy atom. The van der Waals surface area contributed by atoms with Gasteiger partial charge in [-0.05, 0) is 0 Å². The van der Waals surface area contributed by atoms with Crippen LogP contribution in [0.4, 0.5) is 0 Å². The fraction of sp³-hybridized carbons (Fsp3) is 0.100. The first-order valence-electron chi connectivity index (χ1n) is 8.10. The predicted molar refractivity (Wildman–Crippen MR) is 106 cm³/mol. The Labute approximate surface area is 159 Å². The zero-order valence-electron chi connectivity index (χ0n) is 13.7. The van der Waals surface area contributed by atoms with Crippen molar-refractivity contribution in [3.8, 4) is 0 Å². The van der Waals surface area contributed by atoms with Crippen molar-refractivity contribution in [2.24, 2.45) is 17.4 Å². The van der Waals surface area contributed by atoms with E-state index >= 15 is 0 Å². The number of hydrogen-bond acceptors (Lipinski definition) is 6. The van der Waals surface area contributed by atoms with Gasteiger partial charge in [-0.15, -0.1) is 23.5 Å². The summed E-state index contributed by atoms with van der Waals surface area (Å²) in [5, 5.41) is 0. The number of allylic oxidation sites excluding steroid dienone is 2. The van der Waals surface area contributed by atoms with Crippen LogP contribution >= 0.6 is 23.5 Å². The normalized spacial score (nSPS) is 21.8. The molecule has 0 atom stereocenters. The Morgan fingerprint density at radius 3 is 1.42 bits per heavy atom. The smallest absolute Gasteiger partial charge is 0.201 e. The van der Waals surface area contributed by atoms with E-state index in [1.165, 1.54) is 23.5 Å². The van der Waals surface area contributed by atoms with E-state index in [0.29, 0.717) is 32.3 Å². The number of rotatable bonds is 4.